The van der Waals surface area contributed by atoms with E-state index in [1.165, 1.54) is 5.57 Å². The van der Waals surface area contributed by atoms with Gasteiger partial charge in [-0.1, -0.05) is 56.4 Å². The first-order valence-corrected chi connectivity index (χ1v) is 8.68. The molecule has 1 aliphatic rings. The van der Waals surface area contributed by atoms with Gasteiger partial charge in [0.05, 0.1) is 8.07 Å². The van der Waals surface area contributed by atoms with E-state index in [2.05, 4.69) is 33.5 Å². The van der Waals surface area contributed by atoms with E-state index in [1.54, 1.807) is 5.20 Å². The van der Waals surface area contributed by atoms with Crippen LogP contribution in [0.2, 0.25) is 19.6 Å². The average molecular weight is 215 g/mol. The van der Waals surface area contributed by atoms with Gasteiger partial charge in [0.15, 0.2) is 0 Å². The monoisotopic (exact) mass is 214 g/mol. The SMILES string of the molecule is C/C=C(/Cl)C1=C([Si](C)(C)C)C1(C)C. The molecular formula is C11H19ClSi. The summed E-state index contributed by atoms with van der Waals surface area (Å²) < 4.78 is 0. The molecular weight excluding hydrogens is 196 g/mol. The molecule has 1 rings (SSSR count). The molecule has 0 spiro atoms. The third-order valence-electron chi connectivity index (χ3n) is 2.68. The Balaban J connectivity index is 3.05. The third kappa shape index (κ3) is 1.77. The van der Waals surface area contributed by atoms with Crippen LogP contribution in [0.3, 0.4) is 0 Å². The Bertz CT molecular complexity index is 290. The summed E-state index contributed by atoms with van der Waals surface area (Å²) >= 11 is 6.17. The van der Waals surface area contributed by atoms with E-state index in [0.29, 0.717) is 0 Å². The summed E-state index contributed by atoms with van der Waals surface area (Å²) in [6.45, 7) is 13.7. The van der Waals surface area contributed by atoms with Crippen LogP contribution in [0.1, 0.15) is 20.8 Å². The van der Waals surface area contributed by atoms with Crippen LogP contribution in [0, 0.1) is 5.41 Å². The summed E-state index contributed by atoms with van der Waals surface area (Å²) in [5.41, 5.74) is 1.70. The molecule has 0 saturated carbocycles. The number of rotatable bonds is 2. The van der Waals surface area contributed by atoms with Gasteiger partial charge in [0, 0.05) is 10.4 Å². The molecule has 0 heterocycles. The fourth-order valence-electron chi connectivity index (χ4n) is 2.34. The van der Waals surface area contributed by atoms with Gasteiger partial charge in [-0.25, -0.2) is 0 Å². The molecule has 13 heavy (non-hydrogen) atoms. The van der Waals surface area contributed by atoms with Crippen LogP contribution in [0.15, 0.2) is 21.9 Å². The molecule has 0 aromatic heterocycles. The average Bonchev–Trinajstić information content (AvgIpc) is 2.51. The minimum Gasteiger partial charge on any atom is -0.0844 e. The fourth-order valence-corrected chi connectivity index (χ4v) is 5.89. The van der Waals surface area contributed by atoms with Gasteiger partial charge in [0.1, 0.15) is 0 Å². The van der Waals surface area contributed by atoms with Crippen LogP contribution in [0.5, 0.6) is 0 Å². The first-order chi connectivity index (χ1) is 5.73. The third-order valence-corrected chi connectivity index (χ3v) is 5.46. The Morgan fingerprint density at radius 2 is 1.77 bits per heavy atom. The zero-order chi connectivity index (χ0) is 10.4. The molecule has 0 N–H and O–H groups in total. The standard InChI is InChI=1S/C11H19ClSi/c1-7-8(12)9-10(11(9,2)3)13(4,5)6/h7H,1-6H3/b8-7+. The van der Waals surface area contributed by atoms with Crippen molar-refractivity contribution in [2.45, 2.75) is 40.4 Å². The summed E-state index contributed by atoms with van der Waals surface area (Å²) in [6.07, 6.45) is 2.01. The van der Waals surface area contributed by atoms with Gasteiger partial charge in [-0.15, -0.1) is 0 Å². The highest BCUT2D eigenvalue weighted by Crippen LogP contribution is 2.59. The van der Waals surface area contributed by atoms with Gasteiger partial charge in [-0.05, 0) is 12.5 Å². The Hall–Kier alpha value is -0.0131. The molecule has 0 aromatic rings. The van der Waals surface area contributed by atoms with Crippen molar-refractivity contribution in [3.05, 3.63) is 21.9 Å². The van der Waals surface area contributed by atoms with Crippen LogP contribution < -0.4 is 0 Å². The second kappa shape index (κ2) is 2.99. The van der Waals surface area contributed by atoms with E-state index < -0.39 is 8.07 Å². The minimum absolute atomic E-state index is 0.286. The smallest absolute Gasteiger partial charge is 0.0740 e. The van der Waals surface area contributed by atoms with Crippen LogP contribution in [-0.4, -0.2) is 8.07 Å². The maximum Gasteiger partial charge on any atom is 0.0740 e. The summed E-state index contributed by atoms with van der Waals surface area (Å²) in [6, 6.07) is 0. The summed E-state index contributed by atoms with van der Waals surface area (Å²) in [4.78, 5) is 0. The number of halogens is 1. The van der Waals surface area contributed by atoms with Gasteiger partial charge in [0.2, 0.25) is 0 Å². The molecule has 0 saturated heterocycles. The lowest BCUT2D eigenvalue weighted by molar-refractivity contribution is 0.697. The molecule has 0 aromatic carbocycles. The van der Waals surface area contributed by atoms with Crippen molar-refractivity contribution >= 4 is 19.7 Å². The number of hydrogen-bond acceptors (Lipinski definition) is 0. The first-order valence-electron chi connectivity index (χ1n) is 4.81. The molecule has 2 heteroatoms. The molecule has 0 fully saturated rings. The van der Waals surface area contributed by atoms with Crippen molar-refractivity contribution < 1.29 is 0 Å². The maximum atomic E-state index is 6.17. The Kier molecular flexibility index (Phi) is 2.55. The van der Waals surface area contributed by atoms with E-state index in [-0.39, 0.29) is 5.41 Å². The minimum atomic E-state index is -1.15. The molecule has 74 valence electrons. The zero-order valence-electron chi connectivity index (χ0n) is 9.46. The van der Waals surface area contributed by atoms with E-state index in [4.69, 9.17) is 11.6 Å². The highest BCUT2D eigenvalue weighted by Gasteiger charge is 2.51. The maximum absolute atomic E-state index is 6.17. The molecule has 0 radical (unpaired) electrons. The molecule has 0 atom stereocenters. The van der Waals surface area contributed by atoms with Crippen LogP contribution in [0.4, 0.5) is 0 Å². The van der Waals surface area contributed by atoms with Gasteiger partial charge in [-0.3, -0.25) is 0 Å². The molecule has 0 amide bonds. The van der Waals surface area contributed by atoms with E-state index >= 15 is 0 Å². The molecule has 0 aliphatic heterocycles. The predicted molar refractivity (Wildman–Crippen MR) is 63.8 cm³/mol. The second-order valence-corrected chi connectivity index (χ2v) is 10.7. The Labute approximate surface area is 87.7 Å². The van der Waals surface area contributed by atoms with Crippen LogP contribution >= 0.6 is 11.6 Å². The lowest BCUT2D eigenvalue weighted by Gasteiger charge is -2.16. The lowest BCUT2D eigenvalue weighted by Crippen LogP contribution is -2.22. The topological polar surface area (TPSA) is 0 Å². The van der Waals surface area contributed by atoms with Crippen molar-refractivity contribution in [3.63, 3.8) is 0 Å². The lowest BCUT2D eigenvalue weighted by atomic mass is 10.1. The van der Waals surface area contributed by atoms with Crippen molar-refractivity contribution in [3.8, 4) is 0 Å². The van der Waals surface area contributed by atoms with Crippen LogP contribution in [-0.2, 0) is 0 Å². The molecule has 0 bridgehead atoms. The van der Waals surface area contributed by atoms with E-state index in [1.807, 2.05) is 13.0 Å². The second-order valence-electron chi connectivity index (χ2n) is 5.26. The Morgan fingerprint density at radius 3 is 2.00 bits per heavy atom. The van der Waals surface area contributed by atoms with E-state index in [9.17, 15) is 0 Å². The quantitative estimate of drug-likeness (QED) is 0.600. The van der Waals surface area contributed by atoms with Gasteiger partial charge in [0.25, 0.3) is 0 Å². The Morgan fingerprint density at radius 1 is 1.31 bits per heavy atom. The first kappa shape index (κ1) is 11.1. The van der Waals surface area contributed by atoms with Gasteiger partial charge in [-0.2, -0.15) is 0 Å². The van der Waals surface area contributed by atoms with E-state index in [0.717, 1.165) is 5.03 Å². The van der Waals surface area contributed by atoms with Gasteiger partial charge >= 0.3 is 0 Å². The van der Waals surface area contributed by atoms with Gasteiger partial charge < -0.3 is 0 Å². The fraction of sp³-hybridized carbons (Fsp3) is 0.636. The normalized spacial score (nSPS) is 22.2. The summed E-state index contributed by atoms with van der Waals surface area (Å²) in [7, 11) is -1.15. The van der Waals surface area contributed by atoms with Crippen LogP contribution in [0.25, 0.3) is 0 Å². The van der Waals surface area contributed by atoms with Crippen molar-refractivity contribution in [1.29, 1.82) is 0 Å². The summed E-state index contributed by atoms with van der Waals surface area (Å²) in [5.74, 6) is 0. The van der Waals surface area contributed by atoms with Crippen molar-refractivity contribution in [2.75, 3.05) is 0 Å². The zero-order valence-corrected chi connectivity index (χ0v) is 11.2. The molecule has 0 nitrogen and oxygen atoms in total. The predicted octanol–water partition coefficient (Wildman–Crippen LogP) is 4.34. The highest BCUT2D eigenvalue weighted by atomic mass is 35.5. The van der Waals surface area contributed by atoms with Crippen molar-refractivity contribution in [2.24, 2.45) is 5.41 Å². The number of hydrogen-bond donors (Lipinski definition) is 0. The number of allylic oxidation sites excluding steroid dienone is 4. The molecule has 0 unspecified atom stereocenters. The summed E-state index contributed by atoms with van der Waals surface area (Å²) in [5, 5.41) is 2.60. The van der Waals surface area contributed by atoms with Crippen molar-refractivity contribution in [1.82, 2.24) is 0 Å². The molecule has 1 aliphatic carbocycles. The largest absolute Gasteiger partial charge is 0.0844 e. The highest BCUT2D eigenvalue weighted by molar-refractivity contribution is 6.85.